The molecule has 0 amide bonds. The minimum atomic E-state index is 0.428. The largest absolute Gasteiger partial charge is 0.0933 e. The molecule has 154 valence electrons. The van der Waals surface area contributed by atoms with E-state index in [-0.39, 0.29) is 0 Å². The topological polar surface area (TPSA) is 0 Å². The molecule has 3 saturated carbocycles. The van der Waals surface area contributed by atoms with Gasteiger partial charge in [0.25, 0.3) is 0 Å². The van der Waals surface area contributed by atoms with Crippen LogP contribution in [0.5, 0.6) is 0 Å². The molecule has 0 unspecified atom stereocenters. The average molecular weight is 419 g/mol. The highest BCUT2D eigenvalue weighted by molar-refractivity contribution is 6.30. The Bertz CT molecular complexity index is 625. The zero-order valence-electron chi connectivity index (χ0n) is 17.2. The molecule has 0 radical (unpaired) electrons. The summed E-state index contributed by atoms with van der Waals surface area (Å²) in [6.45, 7) is 0. The first kappa shape index (κ1) is 20.8. The maximum atomic E-state index is 6.08. The number of halogens is 2. The standard InChI is InChI=1S/C26H36Cl2/c27-19-18-26(16-2-1-3-17-26)24-12-8-22(9-13-24)20-4-6-21(7-5-20)23-10-14-25(28)15-11-23/h10-11,14-15,18-22,24H,1-9,12-13,16-17H2. The van der Waals surface area contributed by atoms with Crippen LogP contribution in [-0.4, -0.2) is 0 Å². The van der Waals surface area contributed by atoms with E-state index in [1.165, 1.54) is 89.0 Å². The lowest BCUT2D eigenvalue weighted by Gasteiger charge is -2.46. The molecule has 0 aliphatic heterocycles. The lowest BCUT2D eigenvalue weighted by molar-refractivity contribution is 0.0771. The number of rotatable bonds is 4. The summed E-state index contributed by atoms with van der Waals surface area (Å²) in [5.74, 6) is 3.58. The summed E-state index contributed by atoms with van der Waals surface area (Å²) >= 11 is 12.1. The Kier molecular flexibility index (Phi) is 7.11. The second-order valence-corrected chi connectivity index (χ2v) is 10.5. The number of hydrogen-bond acceptors (Lipinski definition) is 0. The monoisotopic (exact) mass is 418 g/mol. The van der Waals surface area contributed by atoms with Gasteiger partial charge < -0.3 is 0 Å². The van der Waals surface area contributed by atoms with Gasteiger partial charge in [0.15, 0.2) is 0 Å². The molecule has 0 nitrogen and oxygen atoms in total. The van der Waals surface area contributed by atoms with Gasteiger partial charge in [-0.25, -0.2) is 0 Å². The molecule has 0 atom stereocenters. The molecule has 0 heterocycles. The van der Waals surface area contributed by atoms with E-state index in [0.717, 1.165) is 28.7 Å². The zero-order valence-corrected chi connectivity index (χ0v) is 18.7. The Labute approximate surface area is 182 Å². The van der Waals surface area contributed by atoms with E-state index in [9.17, 15) is 0 Å². The molecule has 28 heavy (non-hydrogen) atoms. The second-order valence-electron chi connectivity index (χ2n) is 9.86. The van der Waals surface area contributed by atoms with Gasteiger partial charge in [-0.05, 0) is 111 Å². The maximum Gasteiger partial charge on any atom is 0.0406 e. The molecule has 0 spiro atoms. The smallest absolute Gasteiger partial charge is 0.0406 e. The zero-order chi connectivity index (χ0) is 19.4. The first-order valence-corrected chi connectivity index (χ1v) is 12.5. The van der Waals surface area contributed by atoms with Crippen LogP contribution in [0.25, 0.3) is 0 Å². The lowest BCUT2D eigenvalue weighted by Crippen LogP contribution is -2.35. The Morgan fingerprint density at radius 2 is 1.32 bits per heavy atom. The van der Waals surface area contributed by atoms with Gasteiger partial charge in [-0.3, -0.25) is 0 Å². The fraction of sp³-hybridized carbons (Fsp3) is 0.692. The minimum absolute atomic E-state index is 0.428. The third-order valence-corrected chi connectivity index (χ3v) is 8.92. The maximum absolute atomic E-state index is 6.08. The van der Waals surface area contributed by atoms with Crippen molar-refractivity contribution in [1.29, 1.82) is 0 Å². The SMILES string of the molecule is ClC=CC1(C2CCC(C3CCC(c4ccc(Cl)cc4)CC3)CC2)CCCCC1. The van der Waals surface area contributed by atoms with Crippen LogP contribution in [0.1, 0.15) is 95.0 Å². The van der Waals surface area contributed by atoms with Crippen LogP contribution in [0, 0.1) is 23.2 Å². The van der Waals surface area contributed by atoms with Gasteiger partial charge in [0.05, 0.1) is 0 Å². The van der Waals surface area contributed by atoms with Crippen molar-refractivity contribution in [2.45, 2.75) is 89.4 Å². The van der Waals surface area contributed by atoms with Gasteiger partial charge in [-0.1, -0.05) is 60.7 Å². The van der Waals surface area contributed by atoms with E-state index in [1.54, 1.807) is 0 Å². The van der Waals surface area contributed by atoms with Gasteiger partial charge in [0, 0.05) is 10.6 Å². The highest BCUT2D eigenvalue weighted by atomic mass is 35.5. The van der Waals surface area contributed by atoms with Crippen molar-refractivity contribution in [3.63, 3.8) is 0 Å². The molecule has 1 aromatic rings. The van der Waals surface area contributed by atoms with Gasteiger partial charge in [0.2, 0.25) is 0 Å². The van der Waals surface area contributed by atoms with E-state index in [2.05, 4.69) is 30.3 Å². The predicted molar refractivity (Wildman–Crippen MR) is 122 cm³/mol. The van der Waals surface area contributed by atoms with Crippen LogP contribution in [0.2, 0.25) is 5.02 Å². The van der Waals surface area contributed by atoms with Crippen molar-refractivity contribution >= 4 is 23.2 Å². The summed E-state index contributed by atoms with van der Waals surface area (Å²) in [5.41, 5.74) is 3.76. The summed E-state index contributed by atoms with van der Waals surface area (Å²) in [6.07, 6.45) is 20.7. The molecule has 4 rings (SSSR count). The summed E-state index contributed by atoms with van der Waals surface area (Å²) in [5, 5.41) is 0.856. The highest BCUT2D eigenvalue weighted by Crippen LogP contribution is 2.52. The summed E-state index contributed by atoms with van der Waals surface area (Å²) < 4.78 is 0. The van der Waals surface area contributed by atoms with Gasteiger partial charge in [-0.2, -0.15) is 0 Å². The molecule has 2 heteroatoms. The fourth-order valence-electron chi connectivity index (χ4n) is 6.87. The molecule has 3 aliphatic rings. The number of allylic oxidation sites excluding steroid dienone is 1. The number of hydrogen-bond donors (Lipinski definition) is 0. The molecule has 0 aromatic heterocycles. The fourth-order valence-corrected chi connectivity index (χ4v) is 7.25. The normalized spacial score (nSPS) is 33.8. The molecule has 3 fully saturated rings. The van der Waals surface area contributed by atoms with Crippen LogP contribution < -0.4 is 0 Å². The second kappa shape index (κ2) is 9.57. The van der Waals surface area contributed by atoms with Crippen LogP contribution in [0.4, 0.5) is 0 Å². The Hall–Kier alpha value is -0.460. The molecule has 0 N–H and O–H groups in total. The van der Waals surface area contributed by atoms with Crippen LogP contribution in [0.15, 0.2) is 35.9 Å². The Balaban J connectivity index is 1.29. The third-order valence-electron chi connectivity index (χ3n) is 8.54. The van der Waals surface area contributed by atoms with E-state index < -0.39 is 0 Å². The highest BCUT2D eigenvalue weighted by Gasteiger charge is 2.40. The van der Waals surface area contributed by atoms with E-state index in [1.807, 2.05) is 5.54 Å². The first-order chi connectivity index (χ1) is 13.7. The molecular weight excluding hydrogens is 383 g/mol. The van der Waals surface area contributed by atoms with Crippen molar-refractivity contribution in [1.82, 2.24) is 0 Å². The van der Waals surface area contributed by atoms with Crippen molar-refractivity contribution < 1.29 is 0 Å². The molecule has 0 bridgehead atoms. The van der Waals surface area contributed by atoms with E-state index in [4.69, 9.17) is 23.2 Å². The van der Waals surface area contributed by atoms with Crippen LogP contribution in [0.3, 0.4) is 0 Å². The average Bonchev–Trinajstić information content (AvgIpc) is 2.75. The van der Waals surface area contributed by atoms with Crippen LogP contribution >= 0.6 is 23.2 Å². The van der Waals surface area contributed by atoms with Crippen LogP contribution in [-0.2, 0) is 0 Å². The lowest BCUT2D eigenvalue weighted by atomic mass is 9.59. The summed E-state index contributed by atoms with van der Waals surface area (Å²) in [4.78, 5) is 0. The summed E-state index contributed by atoms with van der Waals surface area (Å²) in [6, 6.07) is 8.60. The van der Waals surface area contributed by atoms with Gasteiger partial charge >= 0.3 is 0 Å². The predicted octanol–water partition coefficient (Wildman–Crippen LogP) is 9.12. The van der Waals surface area contributed by atoms with Gasteiger partial charge in [0.1, 0.15) is 0 Å². The van der Waals surface area contributed by atoms with Crippen molar-refractivity contribution in [3.05, 3.63) is 46.5 Å². The van der Waals surface area contributed by atoms with Crippen molar-refractivity contribution in [2.75, 3.05) is 0 Å². The first-order valence-electron chi connectivity index (χ1n) is 11.7. The van der Waals surface area contributed by atoms with Gasteiger partial charge in [-0.15, -0.1) is 0 Å². The Morgan fingerprint density at radius 3 is 1.89 bits per heavy atom. The molecular formula is C26H36Cl2. The Morgan fingerprint density at radius 1 is 0.750 bits per heavy atom. The molecule has 3 aliphatic carbocycles. The summed E-state index contributed by atoms with van der Waals surface area (Å²) in [7, 11) is 0. The van der Waals surface area contributed by atoms with Crippen molar-refractivity contribution in [2.24, 2.45) is 23.2 Å². The van der Waals surface area contributed by atoms with Crippen molar-refractivity contribution in [3.8, 4) is 0 Å². The minimum Gasteiger partial charge on any atom is -0.0933 e. The quantitative estimate of drug-likeness (QED) is 0.456. The molecule has 0 saturated heterocycles. The molecule has 1 aromatic carbocycles. The van der Waals surface area contributed by atoms with E-state index >= 15 is 0 Å². The number of benzene rings is 1. The van der Waals surface area contributed by atoms with E-state index in [0.29, 0.717) is 5.41 Å². The third kappa shape index (κ3) is 4.65.